The van der Waals surface area contributed by atoms with Crippen molar-refractivity contribution in [3.8, 4) is 17.0 Å². The maximum absolute atomic E-state index is 12.9. The molecule has 1 fully saturated rings. The normalized spacial score (nSPS) is 15.0. The van der Waals surface area contributed by atoms with Gasteiger partial charge in [0.1, 0.15) is 5.75 Å². The van der Waals surface area contributed by atoms with E-state index in [2.05, 4.69) is 9.88 Å². The van der Waals surface area contributed by atoms with Crippen molar-refractivity contribution in [3.05, 3.63) is 83.6 Å². The molecule has 0 atom stereocenters. The average molecular weight is 523 g/mol. The highest BCUT2D eigenvalue weighted by molar-refractivity contribution is 5.94. The van der Waals surface area contributed by atoms with Crippen molar-refractivity contribution in [1.29, 1.82) is 0 Å². The van der Waals surface area contributed by atoms with E-state index in [1.165, 1.54) is 30.5 Å². The van der Waals surface area contributed by atoms with E-state index in [1.54, 1.807) is 29.2 Å². The van der Waals surface area contributed by atoms with Crippen molar-refractivity contribution in [2.75, 3.05) is 32.8 Å². The van der Waals surface area contributed by atoms with Crippen LogP contribution in [0, 0.1) is 0 Å². The zero-order valence-corrected chi connectivity index (χ0v) is 19.5. The first-order valence-corrected chi connectivity index (χ1v) is 11.4. The van der Waals surface area contributed by atoms with Crippen molar-refractivity contribution in [1.82, 2.24) is 14.8 Å². The van der Waals surface area contributed by atoms with E-state index in [1.807, 2.05) is 0 Å². The van der Waals surface area contributed by atoms with E-state index < -0.39 is 24.5 Å². The molecule has 0 spiro atoms. The summed E-state index contributed by atoms with van der Waals surface area (Å²) in [5.74, 6) is -0.0354. The Morgan fingerprint density at radius 1 is 0.838 bits per heavy atom. The second-order valence-corrected chi connectivity index (χ2v) is 8.62. The monoisotopic (exact) mass is 523 g/mol. The molecule has 0 unspecified atom stereocenters. The summed E-state index contributed by atoms with van der Waals surface area (Å²) in [7, 11) is 0. The third kappa shape index (κ3) is 7.22. The van der Waals surface area contributed by atoms with Crippen molar-refractivity contribution in [3.63, 3.8) is 0 Å². The van der Waals surface area contributed by atoms with Crippen LogP contribution in [0.5, 0.6) is 5.75 Å². The molecule has 0 N–H and O–H groups in total. The molecule has 196 valence electrons. The molecular formula is C26H23F6N3O2. The Morgan fingerprint density at radius 3 is 2.03 bits per heavy atom. The molecule has 0 saturated carbocycles. The minimum atomic E-state index is -4.41. The number of piperazine rings is 1. The summed E-state index contributed by atoms with van der Waals surface area (Å²) in [6.45, 7) is 1.48. The fraction of sp³-hybridized carbons (Fsp3) is 0.308. The van der Waals surface area contributed by atoms with Crippen molar-refractivity contribution in [2.45, 2.75) is 18.9 Å². The molecule has 5 nitrogen and oxygen atoms in total. The zero-order valence-electron chi connectivity index (χ0n) is 19.5. The maximum Gasteiger partial charge on any atom is 0.422 e. The Hall–Kier alpha value is -3.60. The molecule has 1 aliphatic heterocycles. The number of pyridine rings is 1. The number of hydrogen-bond acceptors (Lipinski definition) is 4. The summed E-state index contributed by atoms with van der Waals surface area (Å²) < 4.78 is 79.8. The highest BCUT2D eigenvalue weighted by atomic mass is 19.4. The molecular weight excluding hydrogens is 500 g/mol. The fourth-order valence-electron chi connectivity index (χ4n) is 3.93. The first-order valence-electron chi connectivity index (χ1n) is 11.4. The van der Waals surface area contributed by atoms with Gasteiger partial charge in [0.05, 0.1) is 16.8 Å². The fourth-order valence-corrected chi connectivity index (χ4v) is 3.93. The van der Waals surface area contributed by atoms with Gasteiger partial charge in [-0.2, -0.15) is 26.3 Å². The predicted octanol–water partition coefficient (Wildman–Crippen LogP) is 5.67. The lowest BCUT2D eigenvalue weighted by molar-refractivity contribution is -0.153. The van der Waals surface area contributed by atoms with E-state index in [0.717, 1.165) is 17.7 Å². The number of nitrogens with zero attached hydrogens (tertiary/aromatic N) is 3. The molecule has 0 bridgehead atoms. The molecule has 11 heteroatoms. The Morgan fingerprint density at radius 2 is 1.49 bits per heavy atom. The van der Waals surface area contributed by atoms with Crippen LogP contribution < -0.4 is 4.74 Å². The number of ether oxygens (including phenoxy) is 1. The predicted molar refractivity (Wildman–Crippen MR) is 124 cm³/mol. The van der Waals surface area contributed by atoms with Gasteiger partial charge in [-0.25, -0.2) is 0 Å². The second-order valence-electron chi connectivity index (χ2n) is 8.62. The van der Waals surface area contributed by atoms with Gasteiger partial charge in [-0.1, -0.05) is 24.3 Å². The van der Waals surface area contributed by atoms with Crippen LogP contribution in [0.1, 0.15) is 21.5 Å². The van der Waals surface area contributed by atoms with Gasteiger partial charge >= 0.3 is 12.4 Å². The number of amides is 1. The quantitative estimate of drug-likeness (QED) is 0.391. The molecule has 2 heterocycles. The van der Waals surface area contributed by atoms with Gasteiger partial charge in [0, 0.05) is 44.5 Å². The van der Waals surface area contributed by atoms with E-state index in [-0.39, 0.29) is 11.7 Å². The summed E-state index contributed by atoms with van der Waals surface area (Å²) in [6, 6.07) is 14.3. The van der Waals surface area contributed by atoms with Crippen LogP contribution in [0.4, 0.5) is 26.3 Å². The molecule has 0 radical (unpaired) electrons. The third-order valence-electron chi connectivity index (χ3n) is 5.91. The van der Waals surface area contributed by atoms with Gasteiger partial charge in [0.2, 0.25) is 0 Å². The van der Waals surface area contributed by atoms with Crippen LogP contribution in [-0.4, -0.2) is 59.7 Å². The zero-order chi connectivity index (χ0) is 26.6. The largest absolute Gasteiger partial charge is 0.484 e. The number of carbonyl (C=O) groups is 1. The minimum Gasteiger partial charge on any atom is -0.484 e. The number of rotatable bonds is 6. The lowest BCUT2D eigenvalue weighted by atomic mass is 10.1. The van der Waals surface area contributed by atoms with Gasteiger partial charge < -0.3 is 9.64 Å². The van der Waals surface area contributed by atoms with E-state index >= 15 is 0 Å². The van der Waals surface area contributed by atoms with Gasteiger partial charge in [-0.05, 0) is 42.0 Å². The number of alkyl halides is 6. The maximum atomic E-state index is 12.9. The molecule has 3 aromatic rings. The molecule has 37 heavy (non-hydrogen) atoms. The van der Waals surface area contributed by atoms with Gasteiger partial charge in [-0.15, -0.1) is 0 Å². The highest BCUT2D eigenvalue weighted by Crippen LogP contribution is 2.30. The first kappa shape index (κ1) is 26.5. The van der Waals surface area contributed by atoms with Gasteiger partial charge in [-0.3, -0.25) is 14.7 Å². The van der Waals surface area contributed by atoms with Gasteiger partial charge in [0.15, 0.2) is 6.61 Å². The average Bonchev–Trinajstić information content (AvgIpc) is 2.87. The van der Waals surface area contributed by atoms with Crippen molar-refractivity contribution < 1.29 is 35.9 Å². The Bertz CT molecular complexity index is 1190. The van der Waals surface area contributed by atoms with Crippen LogP contribution >= 0.6 is 0 Å². The Balaban J connectivity index is 1.28. The standard InChI is InChI=1S/C26H23F6N3O2/c27-25(28,29)17-37-22-8-1-18(2-9-22)16-34-11-13-35(14-12-34)24(36)20-5-10-23(33-15-20)19-3-6-21(7-4-19)26(30,31)32/h1-10,15H,11-14,16-17H2. The number of carbonyl (C=O) groups excluding carboxylic acids is 1. The molecule has 1 aliphatic rings. The van der Waals surface area contributed by atoms with Crippen LogP contribution in [0.25, 0.3) is 11.3 Å². The van der Waals surface area contributed by atoms with Crippen LogP contribution in [0.2, 0.25) is 0 Å². The summed E-state index contributed by atoms with van der Waals surface area (Å²) in [5, 5.41) is 0. The molecule has 4 rings (SSSR count). The van der Waals surface area contributed by atoms with Crippen molar-refractivity contribution >= 4 is 5.91 Å². The topological polar surface area (TPSA) is 45.7 Å². The SMILES string of the molecule is O=C(c1ccc(-c2ccc(C(F)(F)F)cc2)nc1)N1CCN(Cc2ccc(OCC(F)(F)F)cc2)CC1. The second kappa shape index (κ2) is 10.8. The third-order valence-corrected chi connectivity index (χ3v) is 5.91. The molecule has 2 aromatic carbocycles. The Kier molecular flexibility index (Phi) is 7.72. The molecule has 1 aromatic heterocycles. The molecule has 0 aliphatic carbocycles. The summed E-state index contributed by atoms with van der Waals surface area (Å²) in [4.78, 5) is 21.0. The Labute approximate surface area is 209 Å². The highest BCUT2D eigenvalue weighted by Gasteiger charge is 2.30. The van der Waals surface area contributed by atoms with E-state index in [4.69, 9.17) is 4.74 Å². The number of aromatic nitrogens is 1. The summed E-state index contributed by atoms with van der Waals surface area (Å²) >= 11 is 0. The number of halogens is 6. The molecule has 1 amide bonds. The van der Waals surface area contributed by atoms with Crippen LogP contribution in [0.15, 0.2) is 66.9 Å². The van der Waals surface area contributed by atoms with E-state index in [9.17, 15) is 31.1 Å². The van der Waals surface area contributed by atoms with Crippen molar-refractivity contribution in [2.24, 2.45) is 0 Å². The number of hydrogen-bond donors (Lipinski definition) is 0. The summed E-state index contributed by atoms with van der Waals surface area (Å²) in [6.07, 6.45) is -7.38. The first-order chi connectivity index (χ1) is 17.5. The molecule has 1 saturated heterocycles. The number of benzene rings is 2. The van der Waals surface area contributed by atoms with E-state index in [0.29, 0.717) is 49.5 Å². The lowest BCUT2D eigenvalue weighted by Crippen LogP contribution is -2.48. The lowest BCUT2D eigenvalue weighted by Gasteiger charge is -2.34. The minimum absolute atomic E-state index is 0.148. The van der Waals surface area contributed by atoms with Gasteiger partial charge in [0.25, 0.3) is 5.91 Å². The smallest absolute Gasteiger partial charge is 0.422 e. The summed E-state index contributed by atoms with van der Waals surface area (Å²) in [5.41, 5.74) is 1.54. The van der Waals surface area contributed by atoms with Crippen LogP contribution in [-0.2, 0) is 12.7 Å². The van der Waals surface area contributed by atoms with Crippen LogP contribution in [0.3, 0.4) is 0 Å².